The molecule has 9 heteroatoms. The highest BCUT2D eigenvalue weighted by Gasteiger charge is 2.43. The van der Waals surface area contributed by atoms with Gasteiger partial charge in [0.05, 0.1) is 5.56 Å². The molecule has 0 spiro atoms. The highest BCUT2D eigenvalue weighted by Crippen LogP contribution is 2.50. The van der Waals surface area contributed by atoms with E-state index in [4.69, 9.17) is 0 Å². The monoisotopic (exact) mass is 346 g/mol. The van der Waals surface area contributed by atoms with Gasteiger partial charge < -0.3 is 10.4 Å². The molecule has 1 fully saturated rings. The molecule has 2 aromatic rings. The number of aromatic nitrogens is 1. The molecule has 1 aromatic carbocycles. The molecular weight excluding hydrogens is 336 g/mol. The number of rotatable bonds is 3. The second kappa shape index (κ2) is 5.48. The van der Waals surface area contributed by atoms with E-state index in [2.05, 4.69) is 9.69 Å². The number of carbonyl (C=O) groups is 1. The normalized spacial score (nSPS) is 14.8. The second-order valence-electron chi connectivity index (χ2n) is 5.16. The number of hydrogen-bond acceptors (Lipinski definition) is 4. The van der Waals surface area contributed by atoms with Crippen molar-refractivity contribution in [3.05, 3.63) is 40.0 Å². The van der Waals surface area contributed by atoms with Crippen LogP contribution in [0.15, 0.2) is 18.2 Å². The van der Waals surface area contributed by atoms with Crippen LogP contribution in [0.1, 0.15) is 39.6 Å². The summed E-state index contributed by atoms with van der Waals surface area (Å²) in [6, 6.07) is 2.76. The zero-order valence-electron chi connectivity index (χ0n) is 11.4. The van der Waals surface area contributed by atoms with Crippen molar-refractivity contribution < 1.29 is 27.5 Å². The molecule has 0 bridgehead atoms. The zero-order chi connectivity index (χ0) is 16.8. The molecule has 0 radical (unpaired) electrons. The van der Waals surface area contributed by atoms with Crippen LogP contribution in [0.25, 0.3) is 0 Å². The number of nitrogens with one attached hydrogen (secondary N) is 1. The van der Waals surface area contributed by atoms with Crippen molar-refractivity contribution in [2.45, 2.75) is 24.9 Å². The standard InChI is InChI=1S/C14H10F4N2O2S/c15-7-3-4-9(21)8(5-7)13(22)19-12-10(6-1-2-6)11(23-20-12)14(16,17)18/h3-6,21H,1-2H2,(H,19,20,22). The Balaban J connectivity index is 1.93. The van der Waals surface area contributed by atoms with E-state index in [0.29, 0.717) is 12.8 Å². The van der Waals surface area contributed by atoms with Crippen LogP contribution >= 0.6 is 11.5 Å². The Morgan fingerprint density at radius 2 is 2.04 bits per heavy atom. The summed E-state index contributed by atoms with van der Waals surface area (Å²) in [5, 5.41) is 11.8. The van der Waals surface area contributed by atoms with E-state index in [-0.39, 0.29) is 34.4 Å². The minimum absolute atomic E-state index is 0.0354. The lowest BCUT2D eigenvalue weighted by atomic mass is 10.1. The van der Waals surface area contributed by atoms with Gasteiger partial charge in [-0.1, -0.05) is 0 Å². The Bertz CT molecular complexity index is 769. The fourth-order valence-electron chi connectivity index (χ4n) is 2.21. The van der Waals surface area contributed by atoms with E-state index >= 15 is 0 Å². The van der Waals surface area contributed by atoms with Crippen LogP contribution in [0.3, 0.4) is 0 Å². The largest absolute Gasteiger partial charge is 0.507 e. The number of phenolic OH excluding ortho intramolecular Hbond substituents is 1. The third-order valence-corrected chi connectivity index (χ3v) is 4.31. The molecule has 1 saturated carbocycles. The van der Waals surface area contributed by atoms with E-state index in [0.717, 1.165) is 18.2 Å². The predicted octanol–water partition coefficient (Wildman–Crippen LogP) is 4.14. The van der Waals surface area contributed by atoms with Crippen LogP contribution in [0.4, 0.5) is 23.4 Å². The number of hydrogen-bond donors (Lipinski definition) is 2. The number of carbonyl (C=O) groups excluding carboxylic acids is 1. The minimum atomic E-state index is -4.54. The smallest absolute Gasteiger partial charge is 0.427 e. The van der Waals surface area contributed by atoms with Crippen LogP contribution < -0.4 is 5.32 Å². The Morgan fingerprint density at radius 1 is 1.35 bits per heavy atom. The number of benzene rings is 1. The average molecular weight is 346 g/mol. The van der Waals surface area contributed by atoms with Crippen molar-refractivity contribution in [3.8, 4) is 5.75 Å². The van der Waals surface area contributed by atoms with Gasteiger partial charge in [-0.05, 0) is 48.5 Å². The first-order chi connectivity index (χ1) is 10.8. The maximum Gasteiger partial charge on any atom is 0.427 e. The van der Waals surface area contributed by atoms with E-state index in [1.165, 1.54) is 0 Å². The maximum atomic E-state index is 13.2. The number of aromatic hydroxyl groups is 1. The van der Waals surface area contributed by atoms with Gasteiger partial charge in [0.2, 0.25) is 0 Å². The molecule has 3 rings (SSSR count). The third-order valence-electron chi connectivity index (χ3n) is 3.41. The van der Waals surface area contributed by atoms with Crippen LogP contribution in [0.5, 0.6) is 5.75 Å². The number of amides is 1. The van der Waals surface area contributed by atoms with Crippen LogP contribution in [-0.4, -0.2) is 15.4 Å². The molecule has 4 nitrogen and oxygen atoms in total. The lowest BCUT2D eigenvalue weighted by Gasteiger charge is -2.09. The lowest BCUT2D eigenvalue weighted by Crippen LogP contribution is -2.14. The third kappa shape index (κ3) is 3.14. The summed E-state index contributed by atoms with van der Waals surface area (Å²) < 4.78 is 55.8. The Morgan fingerprint density at radius 3 is 2.65 bits per heavy atom. The van der Waals surface area contributed by atoms with Crippen molar-refractivity contribution in [1.29, 1.82) is 0 Å². The fraction of sp³-hybridized carbons (Fsp3) is 0.286. The summed E-state index contributed by atoms with van der Waals surface area (Å²) in [6.45, 7) is 0. The van der Waals surface area contributed by atoms with Gasteiger partial charge in [0.25, 0.3) is 5.91 Å². The van der Waals surface area contributed by atoms with Gasteiger partial charge in [-0.3, -0.25) is 4.79 Å². The molecule has 23 heavy (non-hydrogen) atoms. The topological polar surface area (TPSA) is 62.2 Å². The van der Waals surface area contributed by atoms with E-state index in [9.17, 15) is 27.5 Å². The molecule has 0 unspecified atom stereocenters. The van der Waals surface area contributed by atoms with Gasteiger partial charge in [-0.15, -0.1) is 0 Å². The van der Waals surface area contributed by atoms with E-state index in [1.54, 1.807) is 0 Å². The molecule has 122 valence electrons. The van der Waals surface area contributed by atoms with Gasteiger partial charge in [-0.2, -0.15) is 17.5 Å². The SMILES string of the molecule is O=C(Nc1nsc(C(F)(F)F)c1C1CC1)c1cc(F)ccc1O. The van der Waals surface area contributed by atoms with Crippen LogP contribution in [-0.2, 0) is 6.18 Å². The number of halogens is 4. The van der Waals surface area contributed by atoms with Crippen molar-refractivity contribution in [2.24, 2.45) is 0 Å². The van der Waals surface area contributed by atoms with E-state index < -0.39 is 28.5 Å². The first-order valence-electron chi connectivity index (χ1n) is 6.64. The first kappa shape index (κ1) is 15.7. The first-order valence-corrected chi connectivity index (χ1v) is 7.41. The molecule has 1 heterocycles. The number of nitrogens with zero attached hydrogens (tertiary/aromatic N) is 1. The van der Waals surface area contributed by atoms with Crippen LogP contribution in [0, 0.1) is 5.82 Å². The van der Waals surface area contributed by atoms with Gasteiger partial charge in [0.15, 0.2) is 5.82 Å². The molecule has 1 aromatic heterocycles. The summed E-state index contributed by atoms with van der Waals surface area (Å²) in [5.41, 5.74) is -0.403. The number of phenols is 1. The summed E-state index contributed by atoms with van der Waals surface area (Å²) in [7, 11) is 0. The van der Waals surface area contributed by atoms with Gasteiger partial charge >= 0.3 is 6.18 Å². The minimum Gasteiger partial charge on any atom is -0.507 e. The van der Waals surface area contributed by atoms with Crippen molar-refractivity contribution in [3.63, 3.8) is 0 Å². The molecule has 0 atom stereocenters. The lowest BCUT2D eigenvalue weighted by molar-refractivity contribution is -0.134. The highest BCUT2D eigenvalue weighted by atomic mass is 32.1. The molecule has 2 N–H and O–H groups in total. The van der Waals surface area contributed by atoms with Gasteiger partial charge in [0.1, 0.15) is 16.4 Å². The van der Waals surface area contributed by atoms with Crippen molar-refractivity contribution >= 4 is 23.3 Å². The Kier molecular flexibility index (Phi) is 3.75. The predicted molar refractivity (Wildman–Crippen MR) is 75.1 cm³/mol. The Labute approximate surface area is 131 Å². The molecule has 1 amide bonds. The van der Waals surface area contributed by atoms with Gasteiger partial charge in [0, 0.05) is 5.56 Å². The molecule has 0 aliphatic heterocycles. The average Bonchev–Trinajstić information content (AvgIpc) is 3.21. The van der Waals surface area contributed by atoms with Gasteiger partial charge in [-0.25, -0.2) is 4.39 Å². The maximum absolute atomic E-state index is 13.2. The number of alkyl halides is 3. The summed E-state index contributed by atoms with van der Waals surface area (Å²) in [4.78, 5) is 11.3. The van der Waals surface area contributed by atoms with Crippen molar-refractivity contribution in [2.75, 3.05) is 5.32 Å². The van der Waals surface area contributed by atoms with Crippen molar-refractivity contribution in [1.82, 2.24) is 4.37 Å². The molecule has 0 saturated heterocycles. The van der Waals surface area contributed by atoms with Crippen LogP contribution in [0.2, 0.25) is 0 Å². The molecular formula is C14H10F4N2O2S. The Hall–Kier alpha value is -2.16. The second-order valence-corrected chi connectivity index (χ2v) is 5.94. The summed E-state index contributed by atoms with van der Waals surface area (Å²) >= 11 is 0.270. The quantitative estimate of drug-likeness (QED) is 0.821. The molecule has 1 aliphatic carbocycles. The number of anilines is 1. The summed E-state index contributed by atoms with van der Waals surface area (Å²) in [6.07, 6.45) is -3.36. The molecule has 1 aliphatic rings. The summed E-state index contributed by atoms with van der Waals surface area (Å²) in [5.74, 6) is -2.60. The fourth-order valence-corrected chi connectivity index (χ4v) is 3.00. The zero-order valence-corrected chi connectivity index (χ0v) is 12.3. The van der Waals surface area contributed by atoms with E-state index in [1.807, 2.05) is 0 Å². The highest BCUT2D eigenvalue weighted by molar-refractivity contribution is 7.06.